The molecular weight excluding hydrogens is 697 g/mol. The molecule has 57 heavy (non-hydrogen) atoms. The number of hydrogen-bond acceptors (Lipinski definition) is 3. The van der Waals surface area contributed by atoms with Crippen molar-refractivity contribution in [2.75, 3.05) is 0 Å². The zero-order valence-corrected chi connectivity index (χ0v) is 36.9. The standard InChI is InChI=1S/C54H86O3/c1-3-5-7-9-11-13-15-17-19-21-23-25-27-38-46-51(55)53(57,47-39-28-26-24-22-20-18-16-14-12-10-8-6-4-2)52(56)54(48-40-32-29-33-41-48,49-42-34-30-35-43-49)50-44-36-31-37-45-50/h29-37,40-45,51-52,55-57H,3-28,38-39,46-47H2,1-2H3. The summed E-state index contributed by atoms with van der Waals surface area (Å²) in [7, 11) is 0. The van der Waals surface area contributed by atoms with Gasteiger partial charge in [0.15, 0.2) is 0 Å². The van der Waals surface area contributed by atoms with Gasteiger partial charge in [0, 0.05) is 0 Å². The molecule has 0 amide bonds. The predicted octanol–water partition coefficient (Wildman–Crippen LogP) is 15.2. The molecule has 0 aliphatic heterocycles. The van der Waals surface area contributed by atoms with E-state index in [1.807, 2.05) is 54.6 Å². The SMILES string of the molecule is CCCCCCCCCCCCCCCCC(O)C(O)(CCCCCCCCCCCCCCCC)C(O)C(c1ccccc1)(c1ccccc1)c1ccccc1. The number of aliphatic hydroxyl groups excluding tert-OH is 2. The highest BCUT2D eigenvalue weighted by atomic mass is 16.4. The average Bonchev–Trinajstić information content (AvgIpc) is 3.25. The van der Waals surface area contributed by atoms with Crippen LogP contribution in [0.5, 0.6) is 0 Å². The number of unbranched alkanes of at least 4 members (excludes halogenated alkanes) is 26. The summed E-state index contributed by atoms with van der Waals surface area (Å²) in [4.78, 5) is 0. The van der Waals surface area contributed by atoms with Gasteiger partial charge in [0.25, 0.3) is 0 Å². The molecule has 0 aliphatic rings. The molecule has 0 saturated heterocycles. The first-order chi connectivity index (χ1) is 28.0. The summed E-state index contributed by atoms with van der Waals surface area (Å²) in [6.45, 7) is 4.56. The molecule has 0 aliphatic carbocycles. The Hall–Kier alpha value is -2.46. The Kier molecular flexibility index (Phi) is 26.2. The Morgan fingerprint density at radius 2 is 0.632 bits per heavy atom. The van der Waals surface area contributed by atoms with Gasteiger partial charge in [-0.15, -0.1) is 0 Å². The predicted molar refractivity (Wildman–Crippen MR) is 246 cm³/mol. The fourth-order valence-corrected chi connectivity index (χ4v) is 9.32. The highest BCUT2D eigenvalue weighted by Gasteiger charge is 2.55. The van der Waals surface area contributed by atoms with Crippen LogP contribution in [0.3, 0.4) is 0 Å². The first-order valence-electron chi connectivity index (χ1n) is 24.3. The molecule has 3 rings (SSSR count). The maximum atomic E-state index is 13.0. The molecule has 3 aromatic carbocycles. The molecule has 0 saturated carbocycles. The quantitative estimate of drug-likeness (QED) is 0.0407. The largest absolute Gasteiger partial charge is 0.390 e. The van der Waals surface area contributed by atoms with Gasteiger partial charge in [-0.3, -0.25) is 0 Å². The van der Waals surface area contributed by atoms with Crippen molar-refractivity contribution in [3.05, 3.63) is 108 Å². The third-order valence-electron chi connectivity index (χ3n) is 12.9. The van der Waals surface area contributed by atoms with Gasteiger partial charge in [-0.1, -0.05) is 285 Å². The molecule has 3 aromatic rings. The van der Waals surface area contributed by atoms with Gasteiger partial charge in [0.1, 0.15) is 11.7 Å². The fraction of sp³-hybridized carbons (Fsp3) is 0.667. The summed E-state index contributed by atoms with van der Waals surface area (Å²) < 4.78 is 0. The van der Waals surface area contributed by atoms with Crippen LogP contribution < -0.4 is 0 Å². The van der Waals surface area contributed by atoms with Gasteiger partial charge in [-0.05, 0) is 29.5 Å². The number of aliphatic hydroxyl groups is 3. The van der Waals surface area contributed by atoms with Crippen LogP contribution in [0.1, 0.15) is 223 Å². The van der Waals surface area contributed by atoms with Crippen molar-refractivity contribution < 1.29 is 15.3 Å². The van der Waals surface area contributed by atoms with Crippen molar-refractivity contribution >= 4 is 0 Å². The molecule has 3 atom stereocenters. The lowest BCUT2D eigenvalue weighted by atomic mass is 9.60. The topological polar surface area (TPSA) is 60.7 Å². The second-order valence-corrected chi connectivity index (χ2v) is 17.5. The van der Waals surface area contributed by atoms with E-state index in [9.17, 15) is 15.3 Å². The Balaban J connectivity index is 1.64. The van der Waals surface area contributed by atoms with E-state index in [1.165, 1.54) is 141 Å². The third-order valence-corrected chi connectivity index (χ3v) is 12.9. The summed E-state index contributed by atoms with van der Waals surface area (Å²) in [5, 5.41) is 38.1. The Bertz CT molecular complexity index is 1230. The lowest BCUT2D eigenvalue weighted by molar-refractivity contribution is -0.167. The van der Waals surface area contributed by atoms with Crippen LogP contribution in [-0.4, -0.2) is 33.1 Å². The summed E-state index contributed by atoms with van der Waals surface area (Å²) in [6, 6.07) is 30.5. The molecule has 0 aromatic heterocycles. The van der Waals surface area contributed by atoms with Gasteiger partial charge < -0.3 is 15.3 Å². The second-order valence-electron chi connectivity index (χ2n) is 17.5. The number of hydrogen-bond donors (Lipinski definition) is 3. The van der Waals surface area contributed by atoms with Gasteiger partial charge in [-0.2, -0.15) is 0 Å². The molecule has 0 fully saturated rings. The summed E-state index contributed by atoms with van der Waals surface area (Å²) in [6.07, 6.45) is 34.0. The van der Waals surface area contributed by atoms with Crippen LogP contribution in [0.15, 0.2) is 91.0 Å². The van der Waals surface area contributed by atoms with E-state index in [2.05, 4.69) is 50.2 Å². The van der Waals surface area contributed by atoms with Crippen LogP contribution in [-0.2, 0) is 5.41 Å². The van der Waals surface area contributed by atoms with E-state index in [0.717, 1.165) is 55.2 Å². The lowest BCUT2D eigenvalue weighted by Crippen LogP contribution is -2.61. The van der Waals surface area contributed by atoms with Gasteiger partial charge in [0.05, 0.1) is 11.5 Å². The van der Waals surface area contributed by atoms with E-state index in [0.29, 0.717) is 12.8 Å². The molecule has 3 nitrogen and oxygen atoms in total. The van der Waals surface area contributed by atoms with Crippen molar-refractivity contribution in [2.24, 2.45) is 0 Å². The second kappa shape index (κ2) is 30.6. The zero-order valence-electron chi connectivity index (χ0n) is 36.9. The number of benzene rings is 3. The van der Waals surface area contributed by atoms with Gasteiger partial charge in [-0.25, -0.2) is 0 Å². The fourth-order valence-electron chi connectivity index (χ4n) is 9.32. The first-order valence-corrected chi connectivity index (χ1v) is 24.3. The van der Waals surface area contributed by atoms with Crippen LogP contribution in [0.4, 0.5) is 0 Å². The molecule has 3 unspecified atom stereocenters. The van der Waals surface area contributed by atoms with E-state index in [4.69, 9.17) is 0 Å². The minimum atomic E-state index is -1.70. The van der Waals surface area contributed by atoms with Gasteiger partial charge >= 0.3 is 0 Å². The molecule has 3 heteroatoms. The molecular formula is C54H86O3. The molecule has 0 spiro atoms. The highest BCUT2D eigenvalue weighted by Crippen LogP contribution is 2.47. The minimum Gasteiger partial charge on any atom is -0.390 e. The summed E-state index contributed by atoms with van der Waals surface area (Å²) >= 11 is 0. The van der Waals surface area contributed by atoms with Crippen molar-refractivity contribution in [3.8, 4) is 0 Å². The first kappa shape index (κ1) is 48.9. The van der Waals surface area contributed by atoms with Crippen LogP contribution in [0.25, 0.3) is 0 Å². The summed E-state index contributed by atoms with van der Waals surface area (Å²) in [5.41, 5.74) is -0.0332. The molecule has 0 radical (unpaired) electrons. The monoisotopic (exact) mass is 783 g/mol. The van der Waals surface area contributed by atoms with Crippen molar-refractivity contribution in [3.63, 3.8) is 0 Å². The van der Waals surface area contributed by atoms with Crippen LogP contribution >= 0.6 is 0 Å². The van der Waals surface area contributed by atoms with Crippen LogP contribution in [0, 0.1) is 0 Å². The minimum absolute atomic E-state index is 0.361. The van der Waals surface area contributed by atoms with Crippen molar-refractivity contribution in [2.45, 2.75) is 230 Å². The Labute approximate surface area is 351 Å². The lowest BCUT2D eigenvalue weighted by Gasteiger charge is -2.49. The maximum Gasteiger partial charge on any atom is 0.118 e. The normalized spacial score (nSPS) is 14.1. The third kappa shape index (κ3) is 17.3. The highest BCUT2D eigenvalue weighted by molar-refractivity contribution is 5.53. The molecule has 320 valence electrons. The maximum absolute atomic E-state index is 13.0. The van der Waals surface area contributed by atoms with E-state index >= 15 is 0 Å². The van der Waals surface area contributed by atoms with E-state index in [1.54, 1.807) is 0 Å². The smallest absolute Gasteiger partial charge is 0.118 e. The summed E-state index contributed by atoms with van der Waals surface area (Å²) in [5.74, 6) is 0. The molecule has 3 N–H and O–H groups in total. The van der Waals surface area contributed by atoms with E-state index < -0.39 is 23.2 Å². The average molecular weight is 783 g/mol. The molecule has 0 bridgehead atoms. The number of rotatable bonds is 36. The van der Waals surface area contributed by atoms with E-state index in [-0.39, 0.29) is 0 Å². The molecule has 0 heterocycles. The Morgan fingerprint density at radius 3 is 0.930 bits per heavy atom. The van der Waals surface area contributed by atoms with Gasteiger partial charge in [0.2, 0.25) is 0 Å². The van der Waals surface area contributed by atoms with Crippen molar-refractivity contribution in [1.29, 1.82) is 0 Å². The Morgan fingerprint density at radius 1 is 0.368 bits per heavy atom. The van der Waals surface area contributed by atoms with Crippen LogP contribution in [0.2, 0.25) is 0 Å². The zero-order chi connectivity index (χ0) is 40.7. The van der Waals surface area contributed by atoms with Crippen molar-refractivity contribution in [1.82, 2.24) is 0 Å².